The number of aryl methyl sites for hydroxylation is 3. The molecule has 0 radical (unpaired) electrons. The Balaban J connectivity index is 1.78. The summed E-state index contributed by atoms with van der Waals surface area (Å²) >= 11 is 1.28. The van der Waals surface area contributed by atoms with E-state index < -0.39 is 0 Å². The molecule has 1 amide bonds. The lowest BCUT2D eigenvalue weighted by atomic mass is 10.1. The molecule has 0 aliphatic carbocycles. The highest BCUT2D eigenvalue weighted by molar-refractivity contribution is 8.00. The van der Waals surface area contributed by atoms with Crippen LogP contribution in [0.15, 0.2) is 47.5 Å². The minimum Gasteiger partial charge on any atom is -0.325 e. The summed E-state index contributed by atoms with van der Waals surface area (Å²) in [6.07, 6.45) is 0. The fraction of sp³-hybridized carbons (Fsp3) is 0.190. The van der Waals surface area contributed by atoms with Crippen molar-refractivity contribution in [3.05, 3.63) is 64.7 Å². The molecule has 0 spiro atoms. The molecule has 26 heavy (non-hydrogen) atoms. The molecule has 3 aromatic rings. The maximum atomic E-state index is 12.2. The fourth-order valence-electron chi connectivity index (χ4n) is 2.67. The van der Waals surface area contributed by atoms with E-state index in [0.717, 1.165) is 27.7 Å². The molecule has 0 aliphatic heterocycles. The SMILES string of the molecule is Cc1cccc(NC(=O)CSc2nc3cc(C)c(C)cc3cc2C#N)c1. The Hall–Kier alpha value is -2.84. The van der Waals surface area contributed by atoms with Crippen LogP contribution in [0.25, 0.3) is 10.9 Å². The first-order chi connectivity index (χ1) is 12.5. The van der Waals surface area contributed by atoms with E-state index in [4.69, 9.17) is 0 Å². The topological polar surface area (TPSA) is 65.8 Å². The molecule has 0 saturated heterocycles. The normalized spacial score (nSPS) is 10.5. The maximum absolute atomic E-state index is 12.2. The van der Waals surface area contributed by atoms with Gasteiger partial charge < -0.3 is 5.32 Å². The van der Waals surface area contributed by atoms with Crippen LogP contribution in [0.1, 0.15) is 22.3 Å². The van der Waals surface area contributed by atoms with Gasteiger partial charge in [0.05, 0.1) is 16.8 Å². The maximum Gasteiger partial charge on any atom is 0.234 e. The number of aromatic nitrogens is 1. The molecule has 1 aromatic heterocycles. The molecule has 0 unspecified atom stereocenters. The number of carbonyl (C=O) groups excluding carboxylic acids is 1. The van der Waals surface area contributed by atoms with Crippen molar-refractivity contribution in [1.82, 2.24) is 4.98 Å². The van der Waals surface area contributed by atoms with Gasteiger partial charge in [0.25, 0.3) is 0 Å². The van der Waals surface area contributed by atoms with Crippen LogP contribution in [0.2, 0.25) is 0 Å². The Labute approximate surface area is 157 Å². The van der Waals surface area contributed by atoms with Crippen molar-refractivity contribution >= 4 is 34.3 Å². The van der Waals surface area contributed by atoms with Crippen molar-refractivity contribution in [1.29, 1.82) is 5.26 Å². The van der Waals surface area contributed by atoms with Crippen molar-refractivity contribution < 1.29 is 4.79 Å². The minimum atomic E-state index is -0.119. The Morgan fingerprint density at radius 1 is 1.15 bits per heavy atom. The summed E-state index contributed by atoms with van der Waals surface area (Å²) in [6, 6.07) is 15.7. The molecule has 1 heterocycles. The second-order valence-corrected chi connectivity index (χ2v) is 7.25. The van der Waals surface area contributed by atoms with Crippen molar-refractivity contribution in [2.24, 2.45) is 0 Å². The summed E-state index contributed by atoms with van der Waals surface area (Å²) in [5, 5.41) is 13.8. The van der Waals surface area contributed by atoms with Gasteiger partial charge in [0.15, 0.2) is 0 Å². The number of anilines is 1. The highest BCUT2D eigenvalue weighted by atomic mass is 32.2. The van der Waals surface area contributed by atoms with Gasteiger partial charge in [-0.05, 0) is 67.8 Å². The van der Waals surface area contributed by atoms with E-state index in [2.05, 4.69) is 16.4 Å². The monoisotopic (exact) mass is 361 g/mol. The predicted molar refractivity (Wildman–Crippen MR) is 106 cm³/mol. The number of thioether (sulfide) groups is 1. The molecule has 0 bridgehead atoms. The smallest absolute Gasteiger partial charge is 0.234 e. The van der Waals surface area contributed by atoms with Crippen LogP contribution in [0, 0.1) is 32.1 Å². The lowest BCUT2D eigenvalue weighted by molar-refractivity contribution is -0.113. The van der Waals surface area contributed by atoms with Gasteiger partial charge in [0.2, 0.25) is 5.91 Å². The third-order valence-corrected chi connectivity index (χ3v) is 5.15. The van der Waals surface area contributed by atoms with E-state index in [-0.39, 0.29) is 11.7 Å². The third kappa shape index (κ3) is 4.04. The summed E-state index contributed by atoms with van der Waals surface area (Å²) in [5.41, 5.74) is 5.52. The zero-order valence-corrected chi connectivity index (χ0v) is 15.8. The van der Waals surface area contributed by atoms with Crippen molar-refractivity contribution in [2.75, 3.05) is 11.1 Å². The number of rotatable bonds is 4. The van der Waals surface area contributed by atoms with Crippen LogP contribution in [0.5, 0.6) is 0 Å². The van der Waals surface area contributed by atoms with Crippen LogP contribution in [0.4, 0.5) is 5.69 Å². The number of carbonyl (C=O) groups is 1. The van der Waals surface area contributed by atoms with E-state index in [1.165, 1.54) is 17.3 Å². The van der Waals surface area contributed by atoms with Gasteiger partial charge in [-0.25, -0.2) is 4.98 Å². The fourth-order valence-corrected chi connectivity index (χ4v) is 3.43. The molecule has 0 fully saturated rings. The Bertz CT molecular complexity index is 1040. The molecule has 2 aromatic carbocycles. The number of pyridine rings is 1. The summed E-state index contributed by atoms with van der Waals surface area (Å²) < 4.78 is 0. The van der Waals surface area contributed by atoms with Gasteiger partial charge in [-0.15, -0.1) is 0 Å². The first kappa shape index (κ1) is 18.0. The largest absolute Gasteiger partial charge is 0.325 e. The highest BCUT2D eigenvalue weighted by Crippen LogP contribution is 2.26. The summed E-state index contributed by atoms with van der Waals surface area (Å²) in [7, 11) is 0. The van der Waals surface area contributed by atoms with Crippen LogP contribution in [-0.2, 0) is 4.79 Å². The Morgan fingerprint density at radius 2 is 1.92 bits per heavy atom. The molecule has 4 nitrogen and oxygen atoms in total. The lowest BCUT2D eigenvalue weighted by Crippen LogP contribution is -2.14. The second-order valence-electron chi connectivity index (χ2n) is 6.29. The zero-order valence-electron chi connectivity index (χ0n) is 15.0. The van der Waals surface area contributed by atoms with Crippen LogP contribution in [-0.4, -0.2) is 16.6 Å². The number of nitrogens with one attached hydrogen (secondary N) is 1. The Morgan fingerprint density at radius 3 is 2.65 bits per heavy atom. The van der Waals surface area contributed by atoms with Crippen molar-refractivity contribution in [3.8, 4) is 6.07 Å². The number of nitrogens with zero attached hydrogens (tertiary/aromatic N) is 2. The lowest BCUT2D eigenvalue weighted by Gasteiger charge is -2.09. The van der Waals surface area contributed by atoms with E-state index in [1.807, 2.05) is 63.2 Å². The number of nitriles is 1. The number of amides is 1. The molecule has 130 valence electrons. The van der Waals surface area contributed by atoms with Crippen LogP contribution in [0.3, 0.4) is 0 Å². The second kappa shape index (κ2) is 7.59. The molecule has 3 rings (SSSR count). The number of fused-ring (bicyclic) bond motifs is 1. The first-order valence-electron chi connectivity index (χ1n) is 8.27. The minimum absolute atomic E-state index is 0.119. The molecular formula is C21H19N3OS. The molecule has 0 atom stereocenters. The van der Waals surface area contributed by atoms with Crippen molar-refractivity contribution in [2.45, 2.75) is 25.8 Å². The standard InChI is InChI=1S/C21H19N3OS/c1-13-5-4-6-18(7-13)23-20(25)12-26-21-17(11-22)10-16-8-14(2)15(3)9-19(16)24-21/h4-10H,12H2,1-3H3,(H,23,25). The van der Waals surface area contributed by atoms with Crippen molar-refractivity contribution in [3.63, 3.8) is 0 Å². The predicted octanol–water partition coefficient (Wildman–Crippen LogP) is 4.76. The Kier molecular flexibility index (Phi) is 5.24. The number of benzene rings is 2. The van der Waals surface area contributed by atoms with E-state index in [1.54, 1.807) is 0 Å². The average Bonchev–Trinajstić information content (AvgIpc) is 2.60. The van der Waals surface area contributed by atoms with Gasteiger partial charge in [0, 0.05) is 11.1 Å². The van der Waals surface area contributed by atoms with Gasteiger partial charge in [-0.1, -0.05) is 23.9 Å². The van der Waals surface area contributed by atoms with Gasteiger partial charge >= 0.3 is 0 Å². The van der Waals surface area contributed by atoms with Crippen LogP contribution >= 0.6 is 11.8 Å². The molecule has 5 heteroatoms. The van der Waals surface area contributed by atoms with E-state index >= 15 is 0 Å². The number of hydrogen-bond donors (Lipinski definition) is 1. The molecule has 1 N–H and O–H groups in total. The zero-order chi connectivity index (χ0) is 18.7. The summed E-state index contributed by atoms with van der Waals surface area (Å²) in [5.74, 6) is 0.0814. The quantitative estimate of drug-likeness (QED) is 0.680. The van der Waals surface area contributed by atoms with Gasteiger partial charge in [-0.3, -0.25) is 4.79 Å². The highest BCUT2D eigenvalue weighted by Gasteiger charge is 2.11. The number of hydrogen-bond acceptors (Lipinski definition) is 4. The first-order valence-corrected chi connectivity index (χ1v) is 9.26. The summed E-state index contributed by atoms with van der Waals surface area (Å²) in [6.45, 7) is 6.06. The summed E-state index contributed by atoms with van der Waals surface area (Å²) in [4.78, 5) is 16.8. The van der Waals surface area contributed by atoms with Gasteiger partial charge in [-0.2, -0.15) is 5.26 Å². The third-order valence-electron chi connectivity index (χ3n) is 4.16. The van der Waals surface area contributed by atoms with E-state index in [9.17, 15) is 10.1 Å². The van der Waals surface area contributed by atoms with Crippen LogP contribution < -0.4 is 5.32 Å². The molecular weight excluding hydrogens is 342 g/mol. The van der Waals surface area contributed by atoms with Gasteiger partial charge in [0.1, 0.15) is 11.1 Å². The average molecular weight is 361 g/mol. The molecule has 0 saturated carbocycles. The molecule has 0 aliphatic rings. The van der Waals surface area contributed by atoms with E-state index in [0.29, 0.717) is 10.6 Å².